The summed E-state index contributed by atoms with van der Waals surface area (Å²) >= 11 is 0. The molecule has 6 nitrogen and oxygen atoms in total. The number of hydrazine groups is 1. The second kappa shape index (κ2) is 9.11. The van der Waals surface area contributed by atoms with Crippen molar-refractivity contribution in [1.29, 1.82) is 0 Å². The molecule has 0 saturated heterocycles. The van der Waals surface area contributed by atoms with Gasteiger partial charge >= 0.3 is 0 Å². The fourth-order valence-corrected chi connectivity index (χ4v) is 1.19. The van der Waals surface area contributed by atoms with Crippen LogP contribution in [-0.2, 0) is 9.59 Å². The van der Waals surface area contributed by atoms with Crippen molar-refractivity contribution in [2.45, 2.75) is 26.7 Å². The van der Waals surface area contributed by atoms with E-state index in [4.69, 9.17) is 5.11 Å². The molecule has 0 fully saturated rings. The zero-order valence-corrected chi connectivity index (χ0v) is 9.95. The largest absolute Gasteiger partial charge is 0.395 e. The molecule has 0 unspecified atom stereocenters. The van der Waals surface area contributed by atoms with Crippen molar-refractivity contribution in [3.8, 4) is 0 Å². The Bertz CT molecular complexity index is 221. The molecule has 2 amide bonds. The van der Waals surface area contributed by atoms with E-state index in [2.05, 4.69) is 17.8 Å². The van der Waals surface area contributed by atoms with Gasteiger partial charge in [-0.05, 0) is 13.0 Å². The standard InChI is InChI=1S/C10H21N3O3/c1-3-4-5-13(6-7-14)8-10(16)12-11-9(2)15/h14H,3-8H2,1-2H3,(H,11,15)(H,12,16). The average Bonchev–Trinajstić information content (AvgIpc) is 2.23. The predicted octanol–water partition coefficient (Wildman–Crippen LogP) is -0.752. The first-order valence-corrected chi connectivity index (χ1v) is 5.48. The molecule has 94 valence electrons. The second-order valence-electron chi connectivity index (χ2n) is 3.58. The highest BCUT2D eigenvalue weighted by atomic mass is 16.3. The third-order valence-electron chi connectivity index (χ3n) is 1.99. The maximum atomic E-state index is 11.3. The monoisotopic (exact) mass is 231 g/mol. The maximum Gasteiger partial charge on any atom is 0.252 e. The molecule has 0 saturated carbocycles. The Balaban J connectivity index is 3.86. The first-order chi connectivity index (χ1) is 7.60. The highest BCUT2D eigenvalue weighted by Gasteiger charge is 2.09. The van der Waals surface area contributed by atoms with Gasteiger partial charge in [-0.1, -0.05) is 13.3 Å². The lowest BCUT2D eigenvalue weighted by molar-refractivity contribution is -0.128. The SMILES string of the molecule is CCCCN(CCO)CC(=O)NNC(C)=O. The summed E-state index contributed by atoms with van der Waals surface area (Å²) in [6.45, 7) is 4.83. The normalized spacial score (nSPS) is 10.2. The summed E-state index contributed by atoms with van der Waals surface area (Å²) in [6, 6.07) is 0. The van der Waals surface area contributed by atoms with Gasteiger partial charge in [0.25, 0.3) is 5.91 Å². The Labute approximate surface area is 96.0 Å². The van der Waals surface area contributed by atoms with Gasteiger partial charge in [0.15, 0.2) is 0 Å². The molecule has 0 aromatic heterocycles. The van der Waals surface area contributed by atoms with Crippen LogP contribution in [0.4, 0.5) is 0 Å². The fourth-order valence-electron chi connectivity index (χ4n) is 1.19. The topological polar surface area (TPSA) is 81.7 Å². The number of hydrogen-bond donors (Lipinski definition) is 3. The molecule has 0 heterocycles. The zero-order valence-electron chi connectivity index (χ0n) is 9.95. The molecule has 0 aliphatic rings. The quantitative estimate of drug-likeness (QED) is 0.503. The summed E-state index contributed by atoms with van der Waals surface area (Å²) in [5, 5.41) is 8.82. The molecule has 16 heavy (non-hydrogen) atoms. The number of carbonyl (C=O) groups excluding carboxylic acids is 2. The third kappa shape index (κ3) is 8.19. The van der Waals surface area contributed by atoms with Crippen LogP contribution in [-0.4, -0.2) is 48.1 Å². The lowest BCUT2D eigenvalue weighted by Gasteiger charge is -2.20. The van der Waals surface area contributed by atoms with Crippen LogP contribution >= 0.6 is 0 Å². The molecular weight excluding hydrogens is 210 g/mol. The first kappa shape index (κ1) is 14.9. The number of nitrogens with zero attached hydrogens (tertiary/aromatic N) is 1. The molecule has 0 aromatic rings. The smallest absolute Gasteiger partial charge is 0.252 e. The van der Waals surface area contributed by atoms with E-state index in [9.17, 15) is 9.59 Å². The van der Waals surface area contributed by atoms with Gasteiger partial charge in [-0.15, -0.1) is 0 Å². The molecule has 0 radical (unpaired) electrons. The van der Waals surface area contributed by atoms with E-state index < -0.39 is 0 Å². The highest BCUT2D eigenvalue weighted by molar-refractivity contribution is 5.81. The lowest BCUT2D eigenvalue weighted by atomic mass is 10.3. The van der Waals surface area contributed by atoms with Crippen LogP contribution in [0.3, 0.4) is 0 Å². The maximum absolute atomic E-state index is 11.3. The minimum atomic E-state index is -0.310. The molecule has 6 heteroatoms. The molecule has 0 bridgehead atoms. The number of aliphatic hydroxyl groups excluding tert-OH is 1. The van der Waals surface area contributed by atoms with Gasteiger partial charge in [-0.2, -0.15) is 0 Å². The van der Waals surface area contributed by atoms with E-state index in [1.807, 2.05) is 4.90 Å². The number of rotatable bonds is 7. The number of hydrogen-bond acceptors (Lipinski definition) is 4. The van der Waals surface area contributed by atoms with Gasteiger partial charge in [0.05, 0.1) is 13.2 Å². The van der Waals surface area contributed by atoms with Gasteiger partial charge in [-0.3, -0.25) is 25.3 Å². The van der Waals surface area contributed by atoms with Crippen molar-refractivity contribution < 1.29 is 14.7 Å². The van der Waals surface area contributed by atoms with Gasteiger partial charge in [0.1, 0.15) is 0 Å². The summed E-state index contributed by atoms with van der Waals surface area (Å²) in [4.78, 5) is 23.7. The summed E-state index contributed by atoms with van der Waals surface area (Å²) in [7, 11) is 0. The van der Waals surface area contributed by atoms with Crippen molar-refractivity contribution in [2.75, 3.05) is 26.2 Å². The zero-order chi connectivity index (χ0) is 12.4. The number of carbonyl (C=O) groups is 2. The summed E-state index contributed by atoms with van der Waals surface area (Å²) in [6.07, 6.45) is 2.02. The molecule has 0 aliphatic heterocycles. The number of unbranched alkanes of at least 4 members (excludes halogenated alkanes) is 1. The molecule has 0 aromatic carbocycles. The number of aliphatic hydroxyl groups is 1. The summed E-state index contributed by atoms with van der Waals surface area (Å²) < 4.78 is 0. The third-order valence-corrected chi connectivity index (χ3v) is 1.99. The van der Waals surface area contributed by atoms with Gasteiger partial charge in [0.2, 0.25) is 5.91 Å². The van der Waals surface area contributed by atoms with Gasteiger partial charge < -0.3 is 5.11 Å². The molecule has 0 spiro atoms. The van der Waals surface area contributed by atoms with Crippen molar-refractivity contribution in [3.05, 3.63) is 0 Å². The van der Waals surface area contributed by atoms with Crippen LogP contribution in [0.25, 0.3) is 0 Å². The molecule has 0 aliphatic carbocycles. The van der Waals surface area contributed by atoms with Crippen molar-refractivity contribution in [3.63, 3.8) is 0 Å². The van der Waals surface area contributed by atoms with Crippen molar-refractivity contribution in [1.82, 2.24) is 15.8 Å². The predicted molar refractivity (Wildman–Crippen MR) is 60.4 cm³/mol. The van der Waals surface area contributed by atoms with E-state index >= 15 is 0 Å². The fraction of sp³-hybridized carbons (Fsp3) is 0.800. The minimum absolute atomic E-state index is 0.0249. The van der Waals surface area contributed by atoms with Gasteiger partial charge in [-0.25, -0.2) is 0 Å². The number of nitrogens with one attached hydrogen (secondary N) is 2. The van der Waals surface area contributed by atoms with Crippen LogP contribution < -0.4 is 10.9 Å². The van der Waals surface area contributed by atoms with E-state index in [-0.39, 0.29) is 25.0 Å². The number of amides is 2. The van der Waals surface area contributed by atoms with E-state index in [1.54, 1.807) is 0 Å². The second-order valence-corrected chi connectivity index (χ2v) is 3.58. The van der Waals surface area contributed by atoms with E-state index in [0.717, 1.165) is 19.4 Å². The highest BCUT2D eigenvalue weighted by Crippen LogP contribution is 1.94. The lowest BCUT2D eigenvalue weighted by Crippen LogP contribution is -2.46. The Morgan fingerprint density at radius 1 is 1.25 bits per heavy atom. The summed E-state index contributed by atoms with van der Waals surface area (Å²) in [5.41, 5.74) is 4.51. The van der Waals surface area contributed by atoms with Crippen LogP contribution in [0, 0.1) is 0 Å². The first-order valence-electron chi connectivity index (χ1n) is 5.48. The van der Waals surface area contributed by atoms with Crippen LogP contribution in [0.1, 0.15) is 26.7 Å². The van der Waals surface area contributed by atoms with Crippen LogP contribution in [0.2, 0.25) is 0 Å². The van der Waals surface area contributed by atoms with Crippen LogP contribution in [0.15, 0.2) is 0 Å². The van der Waals surface area contributed by atoms with Crippen LogP contribution in [0.5, 0.6) is 0 Å². The Hall–Kier alpha value is -1.14. The molecule has 0 rings (SSSR count). The molecule has 0 atom stereocenters. The summed E-state index contributed by atoms with van der Waals surface area (Å²) in [5.74, 6) is -0.588. The Kier molecular flexibility index (Phi) is 8.46. The van der Waals surface area contributed by atoms with E-state index in [0.29, 0.717) is 6.54 Å². The van der Waals surface area contributed by atoms with Crippen molar-refractivity contribution >= 4 is 11.8 Å². The van der Waals surface area contributed by atoms with E-state index in [1.165, 1.54) is 6.92 Å². The minimum Gasteiger partial charge on any atom is -0.395 e. The Morgan fingerprint density at radius 2 is 1.94 bits per heavy atom. The van der Waals surface area contributed by atoms with Gasteiger partial charge in [0, 0.05) is 13.5 Å². The Morgan fingerprint density at radius 3 is 2.44 bits per heavy atom. The molecule has 3 N–H and O–H groups in total. The average molecular weight is 231 g/mol. The van der Waals surface area contributed by atoms with Crippen molar-refractivity contribution in [2.24, 2.45) is 0 Å². The molecular formula is C10H21N3O3.